The van der Waals surface area contributed by atoms with Crippen molar-refractivity contribution in [1.82, 2.24) is 15.3 Å². The van der Waals surface area contributed by atoms with Crippen LogP contribution in [0.25, 0.3) is 11.0 Å². The van der Waals surface area contributed by atoms with Crippen molar-refractivity contribution >= 4 is 29.3 Å². The summed E-state index contributed by atoms with van der Waals surface area (Å²) in [6, 6.07) is 7.69. The molecule has 1 aliphatic rings. The van der Waals surface area contributed by atoms with Crippen LogP contribution in [0.5, 0.6) is 5.88 Å². The molecule has 5 nitrogen and oxygen atoms in total. The number of anilines is 1. The zero-order valence-electron chi connectivity index (χ0n) is 12.6. The summed E-state index contributed by atoms with van der Waals surface area (Å²) in [6.45, 7) is 2.95. The third-order valence-corrected chi connectivity index (χ3v) is 4.02. The minimum absolute atomic E-state index is 0. The monoisotopic (exact) mass is 322 g/mol. The van der Waals surface area contributed by atoms with Crippen molar-refractivity contribution in [2.75, 3.05) is 25.4 Å². The molecule has 0 bridgehead atoms. The standard InChI is InChI=1S/C16H22N4O.ClH/c17-15-16(20-14-6-2-1-5-13(14)19-15)21-11-3-4-12-7-9-18-10-8-12;/h1-2,5-6,12,18H,3-4,7-11H2,(H2,17,19);1H. The van der Waals surface area contributed by atoms with E-state index in [9.17, 15) is 0 Å². The average molecular weight is 323 g/mol. The molecule has 0 amide bonds. The molecule has 1 saturated heterocycles. The van der Waals surface area contributed by atoms with Gasteiger partial charge in [-0.15, -0.1) is 12.4 Å². The van der Waals surface area contributed by atoms with E-state index < -0.39 is 0 Å². The Labute approximate surface area is 137 Å². The van der Waals surface area contributed by atoms with E-state index in [0.29, 0.717) is 18.3 Å². The number of nitrogens with two attached hydrogens (primary N) is 1. The summed E-state index contributed by atoms with van der Waals surface area (Å²) in [4.78, 5) is 8.77. The van der Waals surface area contributed by atoms with Crippen LogP contribution in [0.4, 0.5) is 5.82 Å². The van der Waals surface area contributed by atoms with Crippen molar-refractivity contribution < 1.29 is 4.74 Å². The summed E-state index contributed by atoms with van der Waals surface area (Å²) < 4.78 is 5.72. The summed E-state index contributed by atoms with van der Waals surface area (Å²) in [5.74, 6) is 1.66. The van der Waals surface area contributed by atoms with Gasteiger partial charge in [0, 0.05) is 0 Å². The Morgan fingerprint density at radius 1 is 1.14 bits per heavy atom. The first-order chi connectivity index (χ1) is 10.3. The van der Waals surface area contributed by atoms with Gasteiger partial charge in [-0.05, 0) is 56.8 Å². The van der Waals surface area contributed by atoms with Gasteiger partial charge >= 0.3 is 0 Å². The molecule has 0 radical (unpaired) electrons. The van der Waals surface area contributed by atoms with E-state index >= 15 is 0 Å². The van der Waals surface area contributed by atoms with Gasteiger partial charge in [-0.1, -0.05) is 12.1 Å². The number of para-hydroxylation sites is 2. The maximum absolute atomic E-state index is 5.90. The smallest absolute Gasteiger partial charge is 0.257 e. The third-order valence-electron chi connectivity index (χ3n) is 4.02. The van der Waals surface area contributed by atoms with Crippen molar-refractivity contribution in [3.8, 4) is 5.88 Å². The number of nitrogens with zero attached hydrogens (tertiary/aromatic N) is 2. The maximum Gasteiger partial charge on any atom is 0.257 e. The number of hydrogen-bond acceptors (Lipinski definition) is 5. The van der Waals surface area contributed by atoms with Crippen LogP contribution in [0, 0.1) is 5.92 Å². The summed E-state index contributed by atoms with van der Waals surface area (Å²) in [7, 11) is 0. The van der Waals surface area contributed by atoms with Gasteiger partial charge in [0.05, 0.1) is 17.6 Å². The molecule has 2 heterocycles. The summed E-state index contributed by atoms with van der Waals surface area (Å²) in [6.07, 6.45) is 4.80. The fraction of sp³-hybridized carbons (Fsp3) is 0.500. The van der Waals surface area contributed by atoms with E-state index in [0.717, 1.165) is 36.5 Å². The average Bonchev–Trinajstić information content (AvgIpc) is 2.53. The highest BCUT2D eigenvalue weighted by atomic mass is 35.5. The summed E-state index contributed by atoms with van der Waals surface area (Å²) in [5.41, 5.74) is 7.53. The second-order valence-electron chi connectivity index (χ2n) is 5.59. The molecule has 0 unspecified atom stereocenters. The predicted molar refractivity (Wildman–Crippen MR) is 91.5 cm³/mol. The van der Waals surface area contributed by atoms with Crippen LogP contribution in [0.1, 0.15) is 25.7 Å². The van der Waals surface area contributed by atoms with Crippen LogP contribution < -0.4 is 15.8 Å². The number of hydrogen-bond donors (Lipinski definition) is 2. The van der Waals surface area contributed by atoms with E-state index in [2.05, 4.69) is 15.3 Å². The highest BCUT2D eigenvalue weighted by molar-refractivity contribution is 5.85. The van der Waals surface area contributed by atoms with Crippen LogP contribution in [0.3, 0.4) is 0 Å². The number of rotatable bonds is 5. The van der Waals surface area contributed by atoms with Crippen LogP contribution >= 0.6 is 12.4 Å². The molecular formula is C16H23ClN4O. The molecule has 0 atom stereocenters. The minimum Gasteiger partial charge on any atom is -0.475 e. The molecule has 1 aromatic carbocycles. The van der Waals surface area contributed by atoms with Crippen molar-refractivity contribution in [3.63, 3.8) is 0 Å². The topological polar surface area (TPSA) is 73.1 Å². The number of nitrogens with one attached hydrogen (secondary N) is 1. The SMILES string of the molecule is Cl.Nc1nc2ccccc2nc1OCCCC1CCNCC1. The first-order valence-corrected chi connectivity index (χ1v) is 7.69. The van der Waals surface area contributed by atoms with E-state index in [1.54, 1.807) is 0 Å². The second kappa shape index (κ2) is 8.15. The van der Waals surface area contributed by atoms with Crippen molar-refractivity contribution in [1.29, 1.82) is 0 Å². The van der Waals surface area contributed by atoms with Gasteiger partial charge in [0.15, 0.2) is 5.82 Å². The van der Waals surface area contributed by atoms with Gasteiger partial charge in [-0.3, -0.25) is 0 Å². The van der Waals surface area contributed by atoms with E-state index in [1.807, 2.05) is 24.3 Å². The van der Waals surface area contributed by atoms with E-state index in [-0.39, 0.29) is 12.4 Å². The van der Waals surface area contributed by atoms with E-state index in [1.165, 1.54) is 19.3 Å². The Morgan fingerprint density at radius 3 is 2.55 bits per heavy atom. The molecule has 1 fully saturated rings. The predicted octanol–water partition coefficient (Wildman–Crippen LogP) is 2.79. The van der Waals surface area contributed by atoms with Gasteiger partial charge in [-0.2, -0.15) is 0 Å². The lowest BCUT2D eigenvalue weighted by Crippen LogP contribution is -2.27. The maximum atomic E-state index is 5.90. The molecule has 3 rings (SSSR count). The Kier molecular flexibility index (Phi) is 6.21. The van der Waals surface area contributed by atoms with Crippen molar-refractivity contribution in [2.24, 2.45) is 5.92 Å². The molecule has 3 N–H and O–H groups in total. The lowest BCUT2D eigenvalue weighted by molar-refractivity contribution is 0.268. The quantitative estimate of drug-likeness (QED) is 0.828. The van der Waals surface area contributed by atoms with Crippen LogP contribution in [0.2, 0.25) is 0 Å². The van der Waals surface area contributed by atoms with Gasteiger partial charge in [0.1, 0.15) is 0 Å². The highest BCUT2D eigenvalue weighted by Crippen LogP contribution is 2.22. The van der Waals surface area contributed by atoms with Gasteiger partial charge in [0.25, 0.3) is 5.88 Å². The largest absolute Gasteiger partial charge is 0.475 e. The normalized spacial score (nSPS) is 15.5. The Morgan fingerprint density at radius 2 is 1.82 bits per heavy atom. The first kappa shape index (κ1) is 16.8. The number of benzene rings is 1. The van der Waals surface area contributed by atoms with Crippen molar-refractivity contribution in [3.05, 3.63) is 24.3 Å². The summed E-state index contributed by atoms with van der Waals surface area (Å²) >= 11 is 0. The number of ether oxygens (including phenoxy) is 1. The Hall–Kier alpha value is -1.59. The molecule has 0 spiro atoms. The molecule has 120 valence electrons. The number of halogens is 1. The number of aromatic nitrogens is 2. The molecular weight excluding hydrogens is 300 g/mol. The Bertz CT molecular complexity index is 602. The zero-order chi connectivity index (χ0) is 14.5. The molecule has 0 saturated carbocycles. The van der Waals surface area contributed by atoms with Gasteiger partial charge in [-0.25, -0.2) is 9.97 Å². The summed E-state index contributed by atoms with van der Waals surface area (Å²) in [5, 5.41) is 3.39. The molecule has 0 aliphatic carbocycles. The fourth-order valence-corrected chi connectivity index (χ4v) is 2.81. The zero-order valence-corrected chi connectivity index (χ0v) is 13.4. The van der Waals surface area contributed by atoms with E-state index in [4.69, 9.17) is 10.5 Å². The Balaban J connectivity index is 0.00000176. The third kappa shape index (κ3) is 4.21. The second-order valence-corrected chi connectivity index (χ2v) is 5.59. The minimum atomic E-state index is 0. The first-order valence-electron chi connectivity index (χ1n) is 7.69. The molecule has 6 heteroatoms. The van der Waals surface area contributed by atoms with Gasteiger partial charge < -0.3 is 15.8 Å². The molecule has 1 aliphatic heterocycles. The van der Waals surface area contributed by atoms with Gasteiger partial charge in [0.2, 0.25) is 0 Å². The van der Waals surface area contributed by atoms with Crippen LogP contribution in [-0.2, 0) is 0 Å². The lowest BCUT2D eigenvalue weighted by Gasteiger charge is -2.22. The number of fused-ring (bicyclic) bond motifs is 1. The van der Waals surface area contributed by atoms with Crippen LogP contribution in [-0.4, -0.2) is 29.7 Å². The fourth-order valence-electron chi connectivity index (χ4n) is 2.81. The van der Waals surface area contributed by atoms with Crippen molar-refractivity contribution in [2.45, 2.75) is 25.7 Å². The number of nitrogen functional groups attached to an aromatic ring is 1. The molecule has 22 heavy (non-hydrogen) atoms. The lowest BCUT2D eigenvalue weighted by atomic mass is 9.93. The molecule has 2 aromatic rings. The molecule has 1 aromatic heterocycles. The highest BCUT2D eigenvalue weighted by Gasteiger charge is 2.13. The van der Waals surface area contributed by atoms with Crippen LogP contribution in [0.15, 0.2) is 24.3 Å². The number of piperidine rings is 1.